The van der Waals surface area contributed by atoms with Gasteiger partial charge in [-0.05, 0) is 26.3 Å². The molecule has 0 saturated heterocycles. The van der Waals surface area contributed by atoms with E-state index in [1.54, 1.807) is 0 Å². The van der Waals surface area contributed by atoms with Gasteiger partial charge >= 0.3 is 5.97 Å². The zero-order chi connectivity index (χ0) is 12.0. The van der Waals surface area contributed by atoms with E-state index < -0.39 is 12.0 Å². The molecule has 1 aliphatic rings. The predicted molar refractivity (Wildman–Crippen MR) is 60.2 cm³/mol. The SMILES string of the molecule is CC1(CCN[C@@H](CCCCN)C(=O)O)N=N1. The Bertz CT molecular complexity index is 262. The van der Waals surface area contributed by atoms with Crippen LogP contribution in [0.2, 0.25) is 0 Å². The molecule has 1 atom stereocenters. The molecule has 1 rings (SSSR count). The number of hydrogen-bond donors (Lipinski definition) is 3. The summed E-state index contributed by atoms with van der Waals surface area (Å²) in [5.74, 6) is -0.799. The Morgan fingerprint density at radius 3 is 2.69 bits per heavy atom. The number of aliphatic carboxylic acids is 1. The molecule has 0 aromatic rings. The van der Waals surface area contributed by atoms with Gasteiger partial charge in [0, 0.05) is 13.0 Å². The highest BCUT2D eigenvalue weighted by Gasteiger charge is 2.33. The fraction of sp³-hybridized carbons (Fsp3) is 0.900. The second-order valence-electron chi connectivity index (χ2n) is 4.30. The lowest BCUT2D eigenvalue weighted by Crippen LogP contribution is -2.38. The number of unbranched alkanes of at least 4 members (excludes halogenated alkanes) is 1. The number of carboxylic acid groups (broad SMARTS) is 1. The van der Waals surface area contributed by atoms with Crippen molar-refractivity contribution in [2.75, 3.05) is 13.1 Å². The fourth-order valence-corrected chi connectivity index (χ4v) is 1.47. The minimum Gasteiger partial charge on any atom is -0.480 e. The molecule has 0 aliphatic carbocycles. The van der Waals surface area contributed by atoms with Crippen LogP contribution in [0.5, 0.6) is 0 Å². The lowest BCUT2D eigenvalue weighted by molar-refractivity contribution is -0.139. The third-order valence-corrected chi connectivity index (χ3v) is 2.68. The summed E-state index contributed by atoms with van der Waals surface area (Å²) < 4.78 is 0. The molecule has 0 radical (unpaired) electrons. The number of hydrogen-bond acceptors (Lipinski definition) is 5. The van der Waals surface area contributed by atoms with Gasteiger partial charge in [-0.15, -0.1) is 0 Å². The zero-order valence-electron chi connectivity index (χ0n) is 9.65. The summed E-state index contributed by atoms with van der Waals surface area (Å²) >= 11 is 0. The van der Waals surface area contributed by atoms with Crippen molar-refractivity contribution in [2.24, 2.45) is 16.0 Å². The Balaban J connectivity index is 2.14. The molecule has 0 amide bonds. The summed E-state index contributed by atoms with van der Waals surface area (Å²) in [6, 6.07) is -0.478. The Morgan fingerprint density at radius 2 is 2.19 bits per heavy atom. The minimum absolute atomic E-state index is 0.257. The van der Waals surface area contributed by atoms with Crippen molar-refractivity contribution in [2.45, 2.75) is 44.3 Å². The zero-order valence-corrected chi connectivity index (χ0v) is 9.65. The van der Waals surface area contributed by atoms with E-state index in [1.165, 1.54) is 0 Å². The lowest BCUT2D eigenvalue weighted by Gasteiger charge is -2.14. The molecule has 0 unspecified atom stereocenters. The fourth-order valence-electron chi connectivity index (χ4n) is 1.47. The maximum absolute atomic E-state index is 10.9. The predicted octanol–water partition coefficient (Wildman–Crippen LogP) is 0.730. The summed E-state index contributed by atoms with van der Waals surface area (Å²) in [6.45, 7) is 3.17. The van der Waals surface area contributed by atoms with Crippen LogP contribution in [0.25, 0.3) is 0 Å². The number of carboxylic acids is 1. The highest BCUT2D eigenvalue weighted by atomic mass is 16.4. The highest BCUT2D eigenvalue weighted by molar-refractivity contribution is 5.73. The van der Waals surface area contributed by atoms with E-state index in [-0.39, 0.29) is 5.66 Å². The first kappa shape index (κ1) is 13.1. The summed E-state index contributed by atoms with van der Waals surface area (Å²) in [6.07, 6.45) is 3.09. The summed E-state index contributed by atoms with van der Waals surface area (Å²) in [7, 11) is 0. The Kier molecular flexibility index (Phi) is 4.82. The largest absolute Gasteiger partial charge is 0.480 e. The van der Waals surface area contributed by atoms with Crippen molar-refractivity contribution < 1.29 is 9.90 Å². The topological polar surface area (TPSA) is 100 Å². The third-order valence-electron chi connectivity index (χ3n) is 2.68. The van der Waals surface area contributed by atoms with E-state index in [0.717, 1.165) is 19.3 Å². The molecule has 4 N–H and O–H groups in total. The van der Waals surface area contributed by atoms with Crippen LogP contribution in [0.4, 0.5) is 0 Å². The van der Waals surface area contributed by atoms with Gasteiger partial charge in [0.15, 0.2) is 5.66 Å². The molecule has 6 nitrogen and oxygen atoms in total. The van der Waals surface area contributed by atoms with Crippen molar-refractivity contribution in [3.8, 4) is 0 Å². The van der Waals surface area contributed by atoms with Crippen LogP contribution < -0.4 is 11.1 Å². The number of nitrogens with zero attached hydrogens (tertiary/aromatic N) is 2. The van der Waals surface area contributed by atoms with Crippen molar-refractivity contribution in [1.82, 2.24) is 5.32 Å². The van der Waals surface area contributed by atoms with Crippen LogP contribution in [-0.2, 0) is 4.79 Å². The van der Waals surface area contributed by atoms with Gasteiger partial charge in [0.1, 0.15) is 6.04 Å². The maximum Gasteiger partial charge on any atom is 0.320 e. The molecule has 1 heterocycles. The van der Waals surface area contributed by atoms with Crippen LogP contribution in [0, 0.1) is 0 Å². The van der Waals surface area contributed by atoms with Gasteiger partial charge in [0.2, 0.25) is 0 Å². The molecular weight excluding hydrogens is 208 g/mol. The molecule has 0 aromatic heterocycles. The van der Waals surface area contributed by atoms with Gasteiger partial charge < -0.3 is 16.2 Å². The van der Waals surface area contributed by atoms with Gasteiger partial charge in [-0.1, -0.05) is 6.42 Å². The molecule has 0 spiro atoms. The standard InChI is InChI=1S/C10H20N4O2/c1-10(13-14-10)5-7-12-8(9(15)16)4-2-3-6-11/h8,12H,2-7,11H2,1H3,(H,15,16)/t8-/m0/s1. The number of rotatable bonds is 9. The molecule has 0 aromatic carbocycles. The normalized spacial score (nSPS) is 18.4. The molecule has 0 saturated carbocycles. The number of nitrogens with two attached hydrogens (primary N) is 1. The van der Waals surface area contributed by atoms with Crippen LogP contribution >= 0.6 is 0 Å². The van der Waals surface area contributed by atoms with Crippen molar-refractivity contribution in [3.05, 3.63) is 0 Å². The average molecular weight is 228 g/mol. The summed E-state index contributed by atoms with van der Waals surface area (Å²) in [5.41, 5.74) is 5.11. The van der Waals surface area contributed by atoms with Gasteiger partial charge in [0.05, 0.1) is 0 Å². The van der Waals surface area contributed by atoms with Crippen molar-refractivity contribution >= 4 is 5.97 Å². The Hall–Kier alpha value is -1.01. The first-order valence-corrected chi connectivity index (χ1v) is 5.68. The molecule has 16 heavy (non-hydrogen) atoms. The van der Waals surface area contributed by atoms with Crippen molar-refractivity contribution in [3.63, 3.8) is 0 Å². The number of nitrogens with one attached hydrogen (secondary N) is 1. The summed E-state index contributed by atoms with van der Waals surface area (Å²) in [4.78, 5) is 10.9. The van der Waals surface area contributed by atoms with Gasteiger partial charge in [-0.2, -0.15) is 10.2 Å². The maximum atomic E-state index is 10.9. The molecule has 6 heteroatoms. The molecular formula is C10H20N4O2. The molecule has 0 fully saturated rings. The average Bonchev–Trinajstić information content (AvgIpc) is 2.94. The van der Waals surface area contributed by atoms with Gasteiger partial charge in [-0.25, -0.2) is 0 Å². The van der Waals surface area contributed by atoms with Gasteiger partial charge in [0.25, 0.3) is 0 Å². The second kappa shape index (κ2) is 5.91. The second-order valence-corrected chi connectivity index (χ2v) is 4.30. The highest BCUT2D eigenvalue weighted by Crippen LogP contribution is 2.29. The first-order chi connectivity index (χ1) is 7.57. The molecule has 92 valence electrons. The third kappa shape index (κ3) is 4.67. The monoisotopic (exact) mass is 228 g/mol. The van der Waals surface area contributed by atoms with E-state index >= 15 is 0 Å². The van der Waals surface area contributed by atoms with E-state index in [2.05, 4.69) is 15.5 Å². The summed E-state index contributed by atoms with van der Waals surface area (Å²) in [5, 5.41) is 19.7. The Labute approximate surface area is 95.3 Å². The van der Waals surface area contributed by atoms with Gasteiger partial charge in [-0.3, -0.25) is 4.79 Å². The van der Waals surface area contributed by atoms with Crippen LogP contribution in [0.3, 0.4) is 0 Å². The van der Waals surface area contributed by atoms with Crippen molar-refractivity contribution in [1.29, 1.82) is 0 Å². The first-order valence-electron chi connectivity index (χ1n) is 5.68. The van der Waals surface area contributed by atoms with Crippen LogP contribution in [-0.4, -0.2) is 35.9 Å². The van der Waals surface area contributed by atoms with E-state index in [9.17, 15) is 4.79 Å². The van der Waals surface area contributed by atoms with Crippen LogP contribution in [0.15, 0.2) is 10.2 Å². The van der Waals surface area contributed by atoms with E-state index in [4.69, 9.17) is 10.8 Å². The number of carbonyl (C=O) groups is 1. The molecule has 0 bridgehead atoms. The Morgan fingerprint density at radius 1 is 1.50 bits per heavy atom. The minimum atomic E-state index is -0.799. The smallest absolute Gasteiger partial charge is 0.320 e. The lowest BCUT2D eigenvalue weighted by atomic mass is 10.1. The quantitative estimate of drug-likeness (QED) is 0.506. The van der Waals surface area contributed by atoms with E-state index in [1.807, 2.05) is 6.92 Å². The molecule has 1 aliphatic heterocycles. The van der Waals surface area contributed by atoms with Crippen LogP contribution in [0.1, 0.15) is 32.6 Å². The van der Waals surface area contributed by atoms with E-state index in [0.29, 0.717) is 19.5 Å².